The second-order valence-electron chi connectivity index (χ2n) is 4.10. The zero-order valence-electron chi connectivity index (χ0n) is 12.0. The fourth-order valence-corrected chi connectivity index (χ4v) is 2.65. The third-order valence-corrected chi connectivity index (χ3v) is 3.91. The van der Waals surface area contributed by atoms with Crippen LogP contribution >= 0.6 is 33.9 Å². The van der Waals surface area contributed by atoms with Crippen molar-refractivity contribution in [3.8, 4) is 22.4 Å². The van der Waals surface area contributed by atoms with Crippen LogP contribution in [0.5, 0.6) is 5.75 Å². The molecule has 0 spiro atoms. The van der Waals surface area contributed by atoms with Crippen molar-refractivity contribution in [1.29, 1.82) is 5.26 Å². The number of carbonyl (C=O) groups excluding carboxylic acids is 1. The van der Waals surface area contributed by atoms with Crippen molar-refractivity contribution in [2.75, 3.05) is 4.93 Å². The molecule has 2 aromatic rings. The Kier molecular flexibility index (Phi) is 6.70. The lowest BCUT2D eigenvalue weighted by Gasteiger charge is -2.03. The van der Waals surface area contributed by atoms with Crippen LogP contribution in [0.3, 0.4) is 0 Å². The summed E-state index contributed by atoms with van der Waals surface area (Å²) in [4.78, 5) is 20.6. The quantitative estimate of drug-likeness (QED) is 0.569. The SMILES string of the molecule is CI.Cc1cc(-c2nc(C)c(C(=O)OF)s2)cc(C#N)c1O. The van der Waals surface area contributed by atoms with Gasteiger partial charge < -0.3 is 5.11 Å². The van der Waals surface area contributed by atoms with Gasteiger partial charge in [-0.3, -0.25) is 0 Å². The number of phenolic OH excluding ortho intramolecular Hbond substituents is 1. The lowest BCUT2D eigenvalue weighted by molar-refractivity contribution is -0.0784. The Labute approximate surface area is 144 Å². The molecule has 0 saturated heterocycles. The van der Waals surface area contributed by atoms with Crippen LogP contribution in [0.4, 0.5) is 4.53 Å². The average Bonchev–Trinajstić information content (AvgIpc) is 2.93. The fourth-order valence-electron chi connectivity index (χ4n) is 1.73. The Hall–Kier alpha value is -1.73. The van der Waals surface area contributed by atoms with Gasteiger partial charge in [0.15, 0.2) is 0 Å². The number of alkyl halides is 1. The Balaban J connectivity index is 0.00000116. The van der Waals surface area contributed by atoms with E-state index in [1.165, 1.54) is 6.07 Å². The topological polar surface area (TPSA) is 83.2 Å². The molecule has 0 radical (unpaired) electrons. The molecule has 1 aromatic carbocycles. The highest BCUT2D eigenvalue weighted by molar-refractivity contribution is 14.1. The first-order valence-corrected chi connectivity index (χ1v) is 8.87. The van der Waals surface area contributed by atoms with Crippen molar-refractivity contribution < 1.29 is 19.4 Å². The highest BCUT2D eigenvalue weighted by Crippen LogP contribution is 2.33. The van der Waals surface area contributed by atoms with E-state index in [2.05, 4.69) is 32.5 Å². The summed E-state index contributed by atoms with van der Waals surface area (Å²) in [5, 5.41) is 19.1. The third kappa shape index (κ3) is 3.72. The van der Waals surface area contributed by atoms with Crippen molar-refractivity contribution in [2.24, 2.45) is 0 Å². The van der Waals surface area contributed by atoms with Gasteiger partial charge in [-0.2, -0.15) is 5.26 Å². The number of halogens is 2. The number of nitrogens with zero attached hydrogens (tertiary/aromatic N) is 2. The second-order valence-corrected chi connectivity index (χ2v) is 5.10. The summed E-state index contributed by atoms with van der Waals surface area (Å²) in [7, 11) is 0. The summed E-state index contributed by atoms with van der Waals surface area (Å²) in [6.07, 6.45) is 0. The molecule has 0 aliphatic rings. The summed E-state index contributed by atoms with van der Waals surface area (Å²) in [6, 6.07) is 4.98. The number of nitriles is 1. The van der Waals surface area contributed by atoms with Crippen LogP contribution in [0.25, 0.3) is 10.6 Å². The zero-order valence-corrected chi connectivity index (χ0v) is 15.0. The Bertz CT molecular complexity index is 740. The highest BCUT2D eigenvalue weighted by atomic mass is 127. The van der Waals surface area contributed by atoms with Gasteiger partial charge >= 0.3 is 5.97 Å². The molecular weight excluding hydrogens is 422 g/mol. The standard InChI is InChI=1S/C13H9FN2O3S.CH3I/c1-6-3-8(4-9(5-15)10(6)17)12-16-7(2)11(20-12)13(18)19-14;1-2/h3-4,17H,1-2H3;1H3. The molecule has 0 bridgehead atoms. The minimum Gasteiger partial charge on any atom is -0.506 e. The van der Waals surface area contributed by atoms with Crippen molar-refractivity contribution in [2.45, 2.75) is 13.8 Å². The number of aromatic hydroxyl groups is 1. The number of aryl methyl sites for hydroxylation is 2. The van der Waals surface area contributed by atoms with Gasteiger partial charge in [-0.25, -0.2) is 14.7 Å². The summed E-state index contributed by atoms with van der Waals surface area (Å²) in [5.74, 6) is -1.19. The van der Waals surface area contributed by atoms with E-state index >= 15 is 0 Å². The summed E-state index contributed by atoms with van der Waals surface area (Å²) in [5.41, 5.74) is 1.55. The minimum atomic E-state index is -1.10. The molecule has 0 fully saturated rings. The molecule has 1 heterocycles. The number of hydrogen-bond acceptors (Lipinski definition) is 6. The molecule has 2 rings (SSSR count). The molecular formula is C14H12FIN2O3S. The number of carbonyl (C=O) groups is 1. The number of rotatable bonds is 2. The normalized spacial score (nSPS) is 9.45. The Morgan fingerprint density at radius 2 is 2.09 bits per heavy atom. The van der Waals surface area contributed by atoms with Crippen LogP contribution in [0.2, 0.25) is 0 Å². The van der Waals surface area contributed by atoms with E-state index in [0.29, 0.717) is 21.8 Å². The molecule has 0 aliphatic carbocycles. The van der Waals surface area contributed by atoms with E-state index in [1.54, 1.807) is 19.9 Å². The molecule has 116 valence electrons. The highest BCUT2D eigenvalue weighted by Gasteiger charge is 2.19. The van der Waals surface area contributed by atoms with Crippen molar-refractivity contribution in [1.82, 2.24) is 4.98 Å². The predicted octanol–water partition coefficient (Wildman–Crippen LogP) is 4.10. The van der Waals surface area contributed by atoms with Crippen LogP contribution in [0, 0.1) is 25.2 Å². The molecule has 0 unspecified atom stereocenters. The summed E-state index contributed by atoms with van der Waals surface area (Å²) >= 11 is 3.11. The summed E-state index contributed by atoms with van der Waals surface area (Å²) in [6.45, 7) is 3.21. The van der Waals surface area contributed by atoms with Crippen molar-refractivity contribution >= 4 is 39.9 Å². The number of thiazole rings is 1. The number of hydrogen-bond donors (Lipinski definition) is 1. The van der Waals surface area contributed by atoms with Gasteiger partial charge in [0, 0.05) is 10.1 Å². The molecule has 0 saturated carbocycles. The van der Waals surface area contributed by atoms with Crippen LogP contribution < -0.4 is 0 Å². The Morgan fingerprint density at radius 3 is 2.64 bits per heavy atom. The first-order valence-electron chi connectivity index (χ1n) is 5.90. The lowest BCUT2D eigenvalue weighted by Crippen LogP contribution is -1.97. The predicted molar refractivity (Wildman–Crippen MR) is 89.9 cm³/mol. The molecule has 0 atom stereocenters. The van der Waals surface area contributed by atoms with Gasteiger partial charge in [0.05, 0.1) is 11.3 Å². The lowest BCUT2D eigenvalue weighted by atomic mass is 10.1. The first-order chi connectivity index (χ1) is 10.5. The van der Waals surface area contributed by atoms with Crippen molar-refractivity contribution in [3.05, 3.63) is 33.8 Å². The van der Waals surface area contributed by atoms with Crippen molar-refractivity contribution in [3.63, 3.8) is 0 Å². The maximum absolute atomic E-state index is 12.0. The largest absolute Gasteiger partial charge is 0.506 e. The molecule has 1 N–H and O–H groups in total. The van der Waals surface area contributed by atoms with E-state index in [0.717, 1.165) is 11.3 Å². The summed E-state index contributed by atoms with van der Waals surface area (Å²) < 4.78 is 12.0. The molecule has 0 aliphatic heterocycles. The van der Waals surface area contributed by atoms with Gasteiger partial charge in [0.2, 0.25) is 0 Å². The zero-order chi connectivity index (χ0) is 16.9. The van der Waals surface area contributed by atoms with Crippen LogP contribution in [0.1, 0.15) is 26.5 Å². The van der Waals surface area contributed by atoms with E-state index in [9.17, 15) is 14.4 Å². The number of benzene rings is 1. The molecule has 0 amide bonds. The van der Waals surface area contributed by atoms with Gasteiger partial charge in [-0.05, 0) is 36.5 Å². The van der Waals surface area contributed by atoms with Crippen LogP contribution in [-0.2, 0) is 4.94 Å². The maximum Gasteiger partial charge on any atom is 0.391 e. The third-order valence-electron chi connectivity index (χ3n) is 2.72. The number of phenols is 1. The monoisotopic (exact) mass is 434 g/mol. The maximum atomic E-state index is 12.0. The average molecular weight is 434 g/mol. The van der Waals surface area contributed by atoms with E-state index in [-0.39, 0.29) is 16.2 Å². The van der Waals surface area contributed by atoms with E-state index < -0.39 is 5.97 Å². The van der Waals surface area contributed by atoms with Crippen LogP contribution in [0.15, 0.2) is 12.1 Å². The number of aromatic nitrogens is 1. The fraction of sp³-hybridized carbons (Fsp3) is 0.214. The molecule has 5 nitrogen and oxygen atoms in total. The van der Waals surface area contributed by atoms with Gasteiger partial charge in [0.25, 0.3) is 0 Å². The van der Waals surface area contributed by atoms with Gasteiger partial charge in [0.1, 0.15) is 21.7 Å². The van der Waals surface area contributed by atoms with E-state index in [4.69, 9.17) is 5.26 Å². The first kappa shape index (κ1) is 18.3. The smallest absolute Gasteiger partial charge is 0.391 e. The van der Waals surface area contributed by atoms with Gasteiger partial charge in [-0.15, -0.1) is 11.3 Å². The second kappa shape index (κ2) is 8.05. The molecule has 22 heavy (non-hydrogen) atoms. The Morgan fingerprint density at radius 1 is 1.45 bits per heavy atom. The minimum absolute atomic E-state index is 0.0618. The molecule has 8 heteroatoms. The van der Waals surface area contributed by atoms with E-state index in [1.807, 2.05) is 11.0 Å². The molecule has 1 aromatic heterocycles. The van der Waals surface area contributed by atoms with Crippen LogP contribution in [-0.4, -0.2) is 21.0 Å². The van der Waals surface area contributed by atoms with Gasteiger partial charge in [-0.1, -0.05) is 22.6 Å².